The molecule has 0 amide bonds. The second kappa shape index (κ2) is 4.98. The predicted octanol–water partition coefficient (Wildman–Crippen LogP) is 2.41. The molecule has 1 aliphatic rings. The molecule has 0 bridgehead atoms. The van der Waals surface area contributed by atoms with Gasteiger partial charge < -0.3 is 10.0 Å². The zero-order valence-electron chi connectivity index (χ0n) is 11.7. The molecule has 1 N–H and O–H groups in total. The van der Waals surface area contributed by atoms with E-state index in [1.54, 1.807) is 12.4 Å². The fraction of sp³-hybridized carbons (Fsp3) is 0.667. The molecule has 1 aliphatic heterocycles. The number of hydrogen-bond acceptors (Lipinski definition) is 3. The van der Waals surface area contributed by atoms with Crippen LogP contribution in [-0.4, -0.2) is 34.6 Å². The van der Waals surface area contributed by atoms with Gasteiger partial charge in [-0.25, -0.2) is 0 Å². The van der Waals surface area contributed by atoms with E-state index in [1.165, 1.54) is 0 Å². The number of aromatic nitrogens is 1. The van der Waals surface area contributed by atoms with Crippen molar-refractivity contribution in [2.24, 2.45) is 5.41 Å². The Bertz CT molecular complexity index is 375. The molecule has 2 heterocycles. The molecule has 1 fully saturated rings. The van der Waals surface area contributed by atoms with E-state index >= 15 is 0 Å². The first-order valence-electron chi connectivity index (χ1n) is 6.74. The van der Waals surface area contributed by atoms with Gasteiger partial charge >= 0.3 is 0 Å². The van der Waals surface area contributed by atoms with Crippen LogP contribution < -0.4 is 0 Å². The van der Waals surface area contributed by atoms with Crippen LogP contribution in [0.4, 0.5) is 0 Å². The smallest absolute Gasteiger partial charge is 0.0922 e. The minimum Gasteiger partial charge on any atom is -0.385 e. The minimum absolute atomic E-state index is 0.326. The van der Waals surface area contributed by atoms with Crippen LogP contribution in [0.5, 0.6) is 0 Å². The largest absolute Gasteiger partial charge is 0.385 e. The normalized spacial score (nSPS) is 20.9. The first kappa shape index (κ1) is 13.5. The van der Waals surface area contributed by atoms with E-state index in [-0.39, 0.29) is 0 Å². The van der Waals surface area contributed by atoms with Crippen molar-refractivity contribution < 1.29 is 5.11 Å². The highest BCUT2D eigenvalue weighted by molar-refractivity contribution is 5.19. The van der Waals surface area contributed by atoms with Crippen LogP contribution in [0.3, 0.4) is 0 Å². The summed E-state index contributed by atoms with van der Waals surface area (Å²) in [7, 11) is 0. The van der Waals surface area contributed by atoms with E-state index in [0.717, 1.165) is 38.0 Å². The molecule has 0 atom stereocenters. The van der Waals surface area contributed by atoms with Crippen LogP contribution in [0.25, 0.3) is 0 Å². The lowest BCUT2D eigenvalue weighted by Gasteiger charge is -2.40. The van der Waals surface area contributed by atoms with Gasteiger partial charge in [-0.15, -0.1) is 0 Å². The van der Waals surface area contributed by atoms with Gasteiger partial charge in [-0.1, -0.05) is 20.8 Å². The Hall–Kier alpha value is -0.930. The van der Waals surface area contributed by atoms with Crippen molar-refractivity contribution in [2.45, 2.75) is 39.2 Å². The highest BCUT2D eigenvalue weighted by Gasteiger charge is 2.34. The first-order valence-corrected chi connectivity index (χ1v) is 6.74. The quantitative estimate of drug-likeness (QED) is 0.873. The lowest BCUT2D eigenvalue weighted by atomic mass is 9.84. The molecule has 0 aromatic carbocycles. The molecule has 0 unspecified atom stereocenters. The Labute approximate surface area is 110 Å². The highest BCUT2D eigenvalue weighted by atomic mass is 16.3. The molecule has 2 rings (SSSR count). The molecule has 18 heavy (non-hydrogen) atoms. The van der Waals surface area contributed by atoms with Crippen molar-refractivity contribution in [3.05, 3.63) is 30.1 Å². The van der Waals surface area contributed by atoms with Crippen molar-refractivity contribution in [3.8, 4) is 0 Å². The Morgan fingerprint density at radius 1 is 1.22 bits per heavy atom. The van der Waals surface area contributed by atoms with Gasteiger partial charge in [0.05, 0.1) is 5.60 Å². The van der Waals surface area contributed by atoms with Crippen molar-refractivity contribution in [2.75, 3.05) is 19.6 Å². The van der Waals surface area contributed by atoms with Crippen molar-refractivity contribution in [3.63, 3.8) is 0 Å². The van der Waals surface area contributed by atoms with Gasteiger partial charge in [0.2, 0.25) is 0 Å². The van der Waals surface area contributed by atoms with E-state index in [4.69, 9.17) is 0 Å². The molecule has 1 saturated heterocycles. The number of nitrogens with zero attached hydrogens (tertiary/aromatic N) is 2. The van der Waals surface area contributed by atoms with E-state index in [1.807, 2.05) is 12.1 Å². The molecule has 100 valence electrons. The summed E-state index contributed by atoms with van der Waals surface area (Å²) in [6.45, 7) is 9.82. The second-order valence-corrected chi connectivity index (χ2v) is 6.60. The van der Waals surface area contributed by atoms with Crippen LogP contribution in [-0.2, 0) is 5.60 Å². The molecule has 0 radical (unpaired) electrons. The molecule has 3 heteroatoms. The molecule has 3 nitrogen and oxygen atoms in total. The lowest BCUT2D eigenvalue weighted by molar-refractivity contribution is -0.0318. The predicted molar refractivity (Wildman–Crippen MR) is 73.3 cm³/mol. The van der Waals surface area contributed by atoms with Crippen LogP contribution >= 0.6 is 0 Å². The first-order chi connectivity index (χ1) is 8.39. The summed E-state index contributed by atoms with van der Waals surface area (Å²) in [5, 5.41) is 10.7. The fourth-order valence-corrected chi connectivity index (χ4v) is 2.70. The summed E-state index contributed by atoms with van der Waals surface area (Å²) in [5.41, 5.74) is 0.677. The van der Waals surface area contributed by atoms with Gasteiger partial charge in [0, 0.05) is 32.0 Å². The number of pyridine rings is 1. The number of hydrogen-bond donors (Lipinski definition) is 1. The van der Waals surface area contributed by atoms with E-state index < -0.39 is 5.60 Å². The van der Waals surface area contributed by atoms with Gasteiger partial charge in [-0.2, -0.15) is 0 Å². The Balaban J connectivity index is 1.98. The van der Waals surface area contributed by atoms with Gasteiger partial charge in [0.1, 0.15) is 0 Å². The zero-order chi connectivity index (χ0) is 13.2. The summed E-state index contributed by atoms with van der Waals surface area (Å²) in [6.07, 6.45) is 5.14. The summed E-state index contributed by atoms with van der Waals surface area (Å²) >= 11 is 0. The maximum absolute atomic E-state index is 10.7. The Kier molecular flexibility index (Phi) is 3.74. The number of likely N-dealkylation sites (tertiary alicyclic amines) is 1. The number of rotatable bonds is 2. The summed E-state index contributed by atoms with van der Waals surface area (Å²) in [4.78, 5) is 6.47. The van der Waals surface area contributed by atoms with Crippen LogP contribution in [0.1, 0.15) is 39.2 Å². The molecule has 0 spiro atoms. The summed E-state index contributed by atoms with van der Waals surface area (Å²) < 4.78 is 0. The third-order valence-corrected chi connectivity index (χ3v) is 3.60. The molecule has 1 aromatic rings. The van der Waals surface area contributed by atoms with E-state index in [9.17, 15) is 5.11 Å². The van der Waals surface area contributed by atoms with E-state index in [2.05, 4.69) is 30.7 Å². The van der Waals surface area contributed by atoms with Gasteiger partial charge in [0.25, 0.3) is 0 Å². The third-order valence-electron chi connectivity index (χ3n) is 3.60. The van der Waals surface area contributed by atoms with Crippen molar-refractivity contribution >= 4 is 0 Å². The lowest BCUT2D eigenvalue weighted by Crippen LogP contribution is -2.45. The average Bonchev–Trinajstić information content (AvgIpc) is 2.32. The zero-order valence-corrected chi connectivity index (χ0v) is 11.7. The van der Waals surface area contributed by atoms with Gasteiger partial charge in [0.15, 0.2) is 0 Å². The third kappa shape index (κ3) is 3.30. The molecular weight excluding hydrogens is 224 g/mol. The number of aliphatic hydroxyl groups is 1. The SMILES string of the molecule is CC(C)(C)CN1CCC(O)(c2ccncc2)CC1. The van der Waals surface area contributed by atoms with Crippen molar-refractivity contribution in [1.29, 1.82) is 0 Å². The van der Waals surface area contributed by atoms with Crippen LogP contribution in [0, 0.1) is 5.41 Å². The standard InChI is InChI=1S/C15H24N2O/c1-14(2,3)12-17-10-6-15(18,7-11-17)13-4-8-16-9-5-13/h4-5,8-9,18H,6-7,10-12H2,1-3H3. The summed E-state index contributed by atoms with van der Waals surface area (Å²) in [6, 6.07) is 3.86. The molecule has 0 saturated carbocycles. The fourth-order valence-electron chi connectivity index (χ4n) is 2.70. The molecular formula is C15H24N2O. The topological polar surface area (TPSA) is 36.4 Å². The average molecular weight is 248 g/mol. The summed E-state index contributed by atoms with van der Waals surface area (Å²) in [5.74, 6) is 0. The Morgan fingerprint density at radius 2 is 1.78 bits per heavy atom. The minimum atomic E-state index is -0.655. The van der Waals surface area contributed by atoms with Gasteiger partial charge in [-0.05, 0) is 36.0 Å². The van der Waals surface area contributed by atoms with Crippen LogP contribution in [0.2, 0.25) is 0 Å². The molecule has 1 aromatic heterocycles. The number of piperidine rings is 1. The van der Waals surface area contributed by atoms with Gasteiger partial charge in [-0.3, -0.25) is 4.98 Å². The monoisotopic (exact) mass is 248 g/mol. The van der Waals surface area contributed by atoms with E-state index in [0.29, 0.717) is 5.41 Å². The molecule has 0 aliphatic carbocycles. The maximum Gasteiger partial charge on any atom is 0.0922 e. The maximum atomic E-state index is 10.7. The highest BCUT2D eigenvalue weighted by Crippen LogP contribution is 2.33. The van der Waals surface area contributed by atoms with Crippen LogP contribution in [0.15, 0.2) is 24.5 Å². The second-order valence-electron chi connectivity index (χ2n) is 6.60. The van der Waals surface area contributed by atoms with Crippen molar-refractivity contribution in [1.82, 2.24) is 9.88 Å². The Morgan fingerprint density at radius 3 is 2.28 bits per heavy atom.